The highest BCUT2D eigenvalue weighted by Gasteiger charge is 2.10. The van der Waals surface area contributed by atoms with Gasteiger partial charge in [0, 0.05) is 17.1 Å². The molecule has 19 heavy (non-hydrogen) atoms. The van der Waals surface area contributed by atoms with Crippen molar-refractivity contribution < 1.29 is 4.79 Å². The summed E-state index contributed by atoms with van der Waals surface area (Å²) in [6.07, 6.45) is 7.33. The highest BCUT2D eigenvalue weighted by Crippen LogP contribution is 2.18. The number of carbonyl (C=O) groups is 1. The van der Waals surface area contributed by atoms with E-state index in [1.165, 1.54) is 23.8 Å². The second-order valence-corrected chi connectivity index (χ2v) is 4.97. The van der Waals surface area contributed by atoms with Crippen molar-refractivity contribution >= 4 is 17.2 Å². The molecule has 0 saturated carbocycles. The summed E-state index contributed by atoms with van der Waals surface area (Å²) in [4.78, 5) is 14.4. The molecular formula is C16H22N2O. The highest BCUT2D eigenvalue weighted by molar-refractivity contribution is 5.83. The standard InChI is InChI=1S/C16H22N2O/c1-2-3-6-9-17-14(12-19)10-13-11-18-16-8-5-4-7-15(13)16/h4-5,7-8,11-12,14,17-18H,2-3,6,9-10H2,1H3. The molecule has 102 valence electrons. The Labute approximate surface area is 114 Å². The molecule has 0 aliphatic heterocycles. The van der Waals surface area contributed by atoms with Crippen molar-refractivity contribution in [2.45, 2.75) is 38.6 Å². The monoisotopic (exact) mass is 258 g/mol. The Morgan fingerprint density at radius 3 is 2.95 bits per heavy atom. The molecule has 0 saturated heterocycles. The molecule has 0 amide bonds. The van der Waals surface area contributed by atoms with Crippen LogP contribution < -0.4 is 5.32 Å². The van der Waals surface area contributed by atoms with E-state index in [1.54, 1.807) is 0 Å². The molecule has 3 nitrogen and oxygen atoms in total. The Morgan fingerprint density at radius 2 is 2.16 bits per heavy atom. The average molecular weight is 258 g/mol. The van der Waals surface area contributed by atoms with Gasteiger partial charge in [-0.3, -0.25) is 0 Å². The van der Waals surface area contributed by atoms with E-state index in [-0.39, 0.29) is 6.04 Å². The summed E-state index contributed by atoms with van der Waals surface area (Å²) in [6, 6.07) is 8.12. The third-order valence-corrected chi connectivity index (χ3v) is 3.47. The molecule has 0 aliphatic carbocycles. The average Bonchev–Trinajstić information content (AvgIpc) is 2.85. The SMILES string of the molecule is CCCCCNC(C=O)Cc1c[nH]c2ccccc12. The predicted octanol–water partition coefficient (Wildman–Crippen LogP) is 3.06. The van der Waals surface area contributed by atoms with Crippen molar-refractivity contribution in [2.75, 3.05) is 6.54 Å². The Hall–Kier alpha value is -1.61. The third kappa shape index (κ3) is 3.67. The van der Waals surface area contributed by atoms with E-state index in [4.69, 9.17) is 0 Å². The fraction of sp³-hybridized carbons (Fsp3) is 0.438. The van der Waals surface area contributed by atoms with E-state index in [0.29, 0.717) is 0 Å². The number of nitrogens with one attached hydrogen (secondary N) is 2. The molecule has 2 N–H and O–H groups in total. The number of unbranched alkanes of at least 4 members (excludes halogenated alkanes) is 2. The van der Waals surface area contributed by atoms with Crippen molar-refractivity contribution in [3.05, 3.63) is 36.0 Å². The second-order valence-electron chi connectivity index (χ2n) is 4.97. The zero-order valence-electron chi connectivity index (χ0n) is 11.5. The van der Waals surface area contributed by atoms with Gasteiger partial charge in [-0.25, -0.2) is 0 Å². The van der Waals surface area contributed by atoms with Crippen LogP contribution in [0.15, 0.2) is 30.5 Å². The number of H-pyrrole nitrogens is 1. The van der Waals surface area contributed by atoms with Gasteiger partial charge >= 0.3 is 0 Å². The van der Waals surface area contributed by atoms with E-state index in [2.05, 4.69) is 29.4 Å². The fourth-order valence-electron chi connectivity index (χ4n) is 2.37. The first-order valence-corrected chi connectivity index (χ1v) is 7.08. The number of hydrogen-bond donors (Lipinski definition) is 2. The van der Waals surface area contributed by atoms with E-state index in [9.17, 15) is 4.79 Å². The zero-order valence-corrected chi connectivity index (χ0v) is 11.5. The lowest BCUT2D eigenvalue weighted by Crippen LogP contribution is -2.33. The summed E-state index contributed by atoms with van der Waals surface area (Å²) in [5.41, 5.74) is 2.34. The maximum absolute atomic E-state index is 11.2. The van der Waals surface area contributed by atoms with Crippen molar-refractivity contribution in [3.63, 3.8) is 0 Å². The number of aromatic nitrogens is 1. The molecule has 1 atom stereocenters. The maximum Gasteiger partial charge on any atom is 0.137 e. The Bertz CT molecular complexity index is 518. The minimum absolute atomic E-state index is 0.0870. The molecule has 0 aliphatic rings. The molecule has 0 bridgehead atoms. The predicted molar refractivity (Wildman–Crippen MR) is 79.4 cm³/mol. The van der Waals surface area contributed by atoms with Crippen LogP contribution in [0.4, 0.5) is 0 Å². The normalized spacial score (nSPS) is 12.7. The third-order valence-electron chi connectivity index (χ3n) is 3.47. The van der Waals surface area contributed by atoms with Crippen LogP contribution in [0.2, 0.25) is 0 Å². The molecular weight excluding hydrogens is 236 g/mol. The lowest BCUT2D eigenvalue weighted by Gasteiger charge is -2.11. The molecule has 3 heteroatoms. The number of para-hydroxylation sites is 1. The smallest absolute Gasteiger partial charge is 0.137 e. The summed E-state index contributed by atoms with van der Waals surface area (Å²) < 4.78 is 0. The summed E-state index contributed by atoms with van der Waals surface area (Å²) in [5, 5.41) is 4.54. The van der Waals surface area contributed by atoms with Crippen LogP contribution in [-0.4, -0.2) is 23.9 Å². The zero-order chi connectivity index (χ0) is 13.5. The number of fused-ring (bicyclic) bond motifs is 1. The lowest BCUT2D eigenvalue weighted by atomic mass is 10.1. The van der Waals surface area contributed by atoms with Crippen LogP contribution in [0, 0.1) is 0 Å². The van der Waals surface area contributed by atoms with E-state index in [0.717, 1.165) is 31.2 Å². The Morgan fingerprint density at radius 1 is 1.32 bits per heavy atom. The number of aldehydes is 1. The van der Waals surface area contributed by atoms with Crippen LogP contribution in [-0.2, 0) is 11.2 Å². The lowest BCUT2D eigenvalue weighted by molar-refractivity contribution is -0.109. The first-order valence-electron chi connectivity index (χ1n) is 7.08. The van der Waals surface area contributed by atoms with Gasteiger partial charge in [-0.05, 0) is 31.0 Å². The van der Waals surface area contributed by atoms with Gasteiger partial charge in [0.15, 0.2) is 0 Å². The van der Waals surface area contributed by atoms with Gasteiger partial charge in [0.2, 0.25) is 0 Å². The van der Waals surface area contributed by atoms with Gasteiger partial charge in [-0.15, -0.1) is 0 Å². The molecule has 2 rings (SSSR count). The molecule has 0 radical (unpaired) electrons. The van der Waals surface area contributed by atoms with Crippen LogP contribution in [0.5, 0.6) is 0 Å². The molecule has 1 heterocycles. The topological polar surface area (TPSA) is 44.9 Å². The van der Waals surface area contributed by atoms with Crippen LogP contribution in [0.3, 0.4) is 0 Å². The molecule has 2 aromatic rings. The quantitative estimate of drug-likeness (QED) is 0.564. The van der Waals surface area contributed by atoms with Gasteiger partial charge in [-0.2, -0.15) is 0 Å². The fourth-order valence-corrected chi connectivity index (χ4v) is 2.37. The van der Waals surface area contributed by atoms with E-state index in [1.807, 2.05) is 18.3 Å². The van der Waals surface area contributed by atoms with Gasteiger partial charge in [0.1, 0.15) is 6.29 Å². The number of carbonyl (C=O) groups excluding carboxylic acids is 1. The van der Waals surface area contributed by atoms with Gasteiger partial charge in [-0.1, -0.05) is 38.0 Å². The van der Waals surface area contributed by atoms with E-state index >= 15 is 0 Å². The highest BCUT2D eigenvalue weighted by atomic mass is 16.1. The van der Waals surface area contributed by atoms with Crippen molar-refractivity contribution in [1.29, 1.82) is 0 Å². The molecule has 1 aromatic carbocycles. The number of benzene rings is 1. The Kier molecular flexibility index (Phi) is 5.16. The van der Waals surface area contributed by atoms with Crippen LogP contribution in [0.1, 0.15) is 31.7 Å². The van der Waals surface area contributed by atoms with Crippen molar-refractivity contribution in [2.24, 2.45) is 0 Å². The summed E-state index contributed by atoms with van der Waals surface area (Å²) in [6.45, 7) is 3.10. The first kappa shape index (κ1) is 13.8. The summed E-state index contributed by atoms with van der Waals surface area (Å²) in [5.74, 6) is 0. The van der Waals surface area contributed by atoms with Crippen LogP contribution >= 0.6 is 0 Å². The maximum atomic E-state index is 11.2. The molecule has 1 unspecified atom stereocenters. The minimum Gasteiger partial charge on any atom is -0.361 e. The van der Waals surface area contributed by atoms with Crippen LogP contribution in [0.25, 0.3) is 10.9 Å². The van der Waals surface area contributed by atoms with Crippen molar-refractivity contribution in [1.82, 2.24) is 10.3 Å². The largest absolute Gasteiger partial charge is 0.361 e. The van der Waals surface area contributed by atoms with Gasteiger partial charge in [0.05, 0.1) is 6.04 Å². The van der Waals surface area contributed by atoms with Crippen molar-refractivity contribution in [3.8, 4) is 0 Å². The number of hydrogen-bond acceptors (Lipinski definition) is 2. The molecule has 0 spiro atoms. The number of aromatic amines is 1. The summed E-state index contributed by atoms with van der Waals surface area (Å²) >= 11 is 0. The number of rotatable bonds is 8. The molecule has 1 aromatic heterocycles. The minimum atomic E-state index is -0.0870. The Balaban J connectivity index is 1.96. The molecule has 0 fully saturated rings. The van der Waals surface area contributed by atoms with Gasteiger partial charge in [0.25, 0.3) is 0 Å². The summed E-state index contributed by atoms with van der Waals surface area (Å²) in [7, 11) is 0. The first-order chi connectivity index (χ1) is 9.35. The van der Waals surface area contributed by atoms with Gasteiger partial charge < -0.3 is 15.1 Å². The second kappa shape index (κ2) is 7.10. The van der Waals surface area contributed by atoms with E-state index < -0.39 is 0 Å².